The Labute approximate surface area is 163 Å². The summed E-state index contributed by atoms with van der Waals surface area (Å²) < 4.78 is 5.87. The second kappa shape index (κ2) is 7.86. The third-order valence-corrected chi connectivity index (χ3v) is 5.05. The van der Waals surface area contributed by atoms with Crippen LogP contribution in [0.2, 0.25) is 0 Å². The lowest BCUT2D eigenvalue weighted by Gasteiger charge is -2.32. The minimum atomic E-state index is -0.181. The van der Waals surface area contributed by atoms with Crippen molar-refractivity contribution in [1.82, 2.24) is 9.80 Å². The van der Waals surface area contributed by atoms with Crippen LogP contribution in [-0.4, -0.2) is 54.8 Å². The minimum Gasteiger partial charge on any atom is -0.449 e. The molecule has 0 aliphatic carbocycles. The van der Waals surface area contributed by atoms with Crippen LogP contribution in [0.15, 0.2) is 59.0 Å². The molecule has 2 amide bonds. The molecule has 1 aliphatic heterocycles. The quantitative estimate of drug-likeness (QED) is 0.759. The highest BCUT2D eigenvalue weighted by Crippen LogP contribution is 2.32. The molecular formula is C22H23N3O3. The van der Waals surface area contributed by atoms with E-state index in [9.17, 15) is 9.59 Å². The Balaban J connectivity index is 1.62. The van der Waals surface area contributed by atoms with E-state index < -0.39 is 0 Å². The predicted molar refractivity (Wildman–Crippen MR) is 108 cm³/mol. The van der Waals surface area contributed by atoms with Crippen molar-refractivity contribution in [2.75, 3.05) is 38.5 Å². The molecule has 2 heterocycles. The Kier molecular flexibility index (Phi) is 5.12. The number of amides is 2. The van der Waals surface area contributed by atoms with Gasteiger partial charge in [-0.25, -0.2) is 0 Å². The van der Waals surface area contributed by atoms with Crippen molar-refractivity contribution in [2.45, 2.75) is 6.42 Å². The molecule has 0 saturated carbocycles. The number of likely N-dealkylation sites (N-methyl/N-ethyl adjacent to an activating group) is 1. The van der Waals surface area contributed by atoms with Crippen LogP contribution in [0.4, 0.5) is 5.69 Å². The van der Waals surface area contributed by atoms with E-state index in [1.54, 1.807) is 4.90 Å². The first kappa shape index (κ1) is 18.3. The molecule has 0 spiro atoms. The maximum Gasteiger partial charge on any atom is 0.291 e. The van der Waals surface area contributed by atoms with Crippen LogP contribution < -0.4 is 5.32 Å². The fourth-order valence-electron chi connectivity index (χ4n) is 3.44. The second-order valence-electron chi connectivity index (χ2n) is 7.11. The molecule has 3 aromatic rings. The number of carbonyl (C=O) groups is 2. The molecule has 28 heavy (non-hydrogen) atoms. The second-order valence-corrected chi connectivity index (χ2v) is 7.11. The molecule has 0 atom stereocenters. The van der Waals surface area contributed by atoms with Crippen LogP contribution in [0.5, 0.6) is 0 Å². The van der Waals surface area contributed by atoms with Crippen molar-refractivity contribution in [2.24, 2.45) is 0 Å². The van der Waals surface area contributed by atoms with Gasteiger partial charge in [0, 0.05) is 31.6 Å². The number of benzene rings is 2. The molecule has 6 nitrogen and oxygen atoms in total. The van der Waals surface area contributed by atoms with Crippen molar-refractivity contribution in [3.05, 3.63) is 65.9 Å². The molecule has 0 radical (unpaired) electrons. The third-order valence-electron chi connectivity index (χ3n) is 5.05. The van der Waals surface area contributed by atoms with Crippen molar-refractivity contribution in [3.63, 3.8) is 0 Å². The third kappa shape index (κ3) is 3.77. The van der Waals surface area contributed by atoms with Crippen LogP contribution in [0, 0.1) is 0 Å². The van der Waals surface area contributed by atoms with Crippen LogP contribution in [0.1, 0.15) is 16.1 Å². The number of rotatable bonds is 4. The van der Waals surface area contributed by atoms with E-state index in [4.69, 9.17) is 4.42 Å². The number of nitrogens with zero attached hydrogens (tertiary/aromatic N) is 2. The fraction of sp³-hybridized carbons (Fsp3) is 0.273. The normalized spacial score (nSPS) is 15.0. The van der Waals surface area contributed by atoms with Crippen molar-refractivity contribution >= 4 is 28.5 Å². The lowest BCUT2D eigenvalue weighted by atomic mass is 10.1. The number of carbonyl (C=O) groups excluding carboxylic acids is 2. The molecule has 0 unspecified atom stereocenters. The zero-order valence-electron chi connectivity index (χ0n) is 15.9. The van der Waals surface area contributed by atoms with Gasteiger partial charge < -0.3 is 19.5 Å². The summed E-state index contributed by atoms with van der Waals surface area (Å²) in [4.78, 5) is 29.7. The molecule has 1 N–H and O–H groups in total. The maximum absolute atomic E-state index is 13.1. The highest BCUT2D eigenvalue weighted by molar-refractivity contribution is 6.11. The molecular weight excluding hydrogens is 354 g/mol. The molecule has 1 fully saturated rings. The molecule has 1 saturated heterocycles. The van der Waals surface area contributed by atoms with E-state index in [0.29, 0.717) is 24.4 Å². The summed E-state index contributed by atoms with van der Waals surface area (Å²) in [6, 6.07) is 16.9. The first-order valence-corrected chi connectivity index (χ1v) is 9.45. The standard InChI is InChI=1S/C22H23N3O3/c1-24-11-13-25(14-12-24)22(27)21-20(17-9-5-6-10-18(17)28-21)23-19(26)15-16-7-3-2-4-8-16/h2-10H,11-15H2,1H3,(H,23,26). The Morgan fingerprint density at radius 1 is 0.964 bits per heavy atom. The lowest BCUT2D eigenvalue weighted by Crippen LogP contribution is -2.47. The van der Waals surface area contributed by atoms with Gasteiger partial charge in [0.15, 0.2) is 0 Å². The van der Waals surface area contributed by atoms with E-state index in [1.807, 2.05) is 61.6 Å². The number of piperazine rings is 1. The Bertz CT molecular complexity index is 989. The lowest BCUT2D eigenvalue weighted by molar-refractivity contribution is -0.115. The fourth-order valence-corrected chi connectivity index (χ4v) is 3.44. The summed E-state index contributed by atoms with van der Waals surface area (Å²) in [7, 11) is 2.04. The van der Waals surface area contributed by atoms with Crippen molar-refractivity contribution in [3.8, 4) is 0 Å². The molecule has 2 aromatic carbocycles. The van der Waals surface area contributed by atoms with Gasteiger partial charge in [-0.1, -0.05) is 42.5 Å². The number of anilines is 1. The van der Waals surface area contributed by atoms with Crippen molar-refractivity contribution < 1.29 is 14.0 Å². The van der Waals surface area contributed by atoms with E-state index in [2.05, 4.69) is 10.2 Å². The van der Waals surface area contributed by atoms with Gasteiger partial charge in [0.1, 0.15) is 11.3 Å². The molecule has 0 bridgehead atoms. The molecule has 144 valence electrons. The van der Waals surface area contributed by atoms with Gasteiger partial charge in [0.2, 0.25) is 11.7 Å². The molecule has 6 heteroatoms. The SMILES string of the molecule is CN1CCN(C(=O)c2oc3ccccc3c2NC(=O)Cc2ccccc2)CC1. The average Bonchev–Trinajstić information content (AvgIpc) is 3.07. The van der Waals surface area contributed by atoms with Gasteiger partial charge in [-0.3, -0.25) is 9.59 Å². The Morgan fingerprint density at radius 2 is 1.64 bits per heavy atom. The monoisotopic (exact) mass is 377 g/mol. The highest BCUT2D eigenvalue weighted by Gasteiger charge is 2.28. The summed E-state index contributed by atoms with van der Waals surface area (Å²) in [5, 5.41) is 3.66. The van der Waals surface area contributed by atoms with Crippen LogP contribution in [0.25, 0.3) is 11.0 Å². The first-order valence-electron chi connectivity index (χ1n) is 9.45. The van der Waals surface area contributed by atoms with Crippen LogP contribution in [-0.2, 0) is 11.2 Å². The van der Waals surface area contributed by atoms with Crippen molar-refractivity contribution in [1.29, 1.82) is 0 Å². The number of para-hydroxylation sites is 1. The van der Waals surface area contributed by atoms with E-state index >= 15 is 0 Å². The zero-order chi connectivity index (χ0) is 19.5. The van der Waals surface area contributed by atoms with Gasteiger partial charge in [-0.15, -0.1) is 0 Å². The average molecular weight is 377 g/mol. The van der Waals surface area contributed by atoms with Gasteiger partial charge in [-0.2, -0.15) is 0 Å². The number of fused-ring (bicyclic) bond motifs is 1. The topological polar surface area (TPSA) is 65.8 Å². The minimum absolute atomic E-state index is 0.176. The van der Waals surface area contributed by atoms with Crippen LogP contribution >= 0.6 is 0 Å². The van der Waals surface area contributed by atoms with Gasteiger partial charge >= 0.3 is 0 Å². The molecule has 4 rings (SSSR count). The van der Waals surface area contributed by atoms with Gasteiger partial charge in [0.25, 0.3) is 5.91 Å². The number of hydrogen-bond donors (Lipinski definition) is 1. The molecule has 1 aromatic heterocycles. The Hall–Kier alpha value is -3.12. The van der Waals surface area contributed by atoms with Gasteiger partial charge in [0.05, 0.1) is 6.42 Å². The largest absolute Gasteiger partial charge is 0.449 e. The molecule has 1 aliphatic rings. The van der Waals surface area contributed by atoms with Gasteiger partial charge in [-0.05, 0) is 24.7 Å². The summed E-state index contributed by atoms with van der Waals surface area (Å²) in [5.74, 6) is -0.156. The van der Waals surface area contributed by atoms with E-state index in [-0.39, 0.29) is 24.0 Å². The summed E-state index contributed by atoms with van der Waals surface area (Å²) in [5.41, 5.74) is 1.97. The Morgan fingerprint density at radius 3 is 2.39 bits per heavy atom. The van der Waals surface area contributed by atoms with Crippen LogP contribution in [0.3, 0.4) is 0 Å². The van der Waals surface area contributed by atoms with E-state index in [1.165, 1.54) is 0 Å². The maximum atomic E-state index is 13.1. The number of furan rings is 1. The highest BCUT2D eigenvalue weighted by atomic mass is 16.3. The summed E-state index contributed by atoms with van der Waals surface area (Å²) >= 11 is 0. The number of hydrogen-bond acceptors (Lipinski definition) is 4. The summed E-state index contributed by atoms with van der Waals surface area (Å²) in [6.45, 7) is 2.93. The van der Waals surface area contributed by atoms with E-state index in [0.717, 1.165) is 24.0 Å². The smallest absolute Gasteiger partial charge is 0.291 e. The predicted octanol–water partition coefficient (Wildman–Crippen LogP) is 3.00. The number of nitrogens with one attached hydrogen (secondary N) is 1. The zero-order valence-corrected chi connectivity index (χ0v) is 15.9. The first-order chi connectivity index (χ1) is 13.6. The summed E-state index contributed by atoms with van der Waals surface area (Å²) in [6.07, 6.45) is 0.239.